The van der Waals surface area contributed by atoms with Crippen LogP contribution in [-0.4, -0.2) is 33.3 Å². The van der Waals surface area contributed by atoms with E-state index < -0.39 is 15.9 Å². The van der Waals surface area contributed by atoms with Gasteiger partial charge in [0.25, 0.3) is 5.91 Å². The molecule has 0 saturated carbocycles. The highest BCUT2D eigenvalue weighted by Crippen LogP contribution is 2.18. The topological polar surface area (TPSA) is 104 Å². The normalized spacial score (nSPS) is 11.3. The van der Waals surface area contributed by atoms with Crippen LogP contribution in [0.4, 0.5) is 5.69 Å². The van der Waals surface area contributed by atoms with E-state index in [1.165, 1.54) is 19.2 Å². The Balaban J connectivity index is 2.13. The lowest BCUT2D eigenvalue weighted by Gasteiger charge is -2.11. The van der Waals surface area contributed by atoms with Crippen LogP contribution in [0.2, 0.25) is 0 Å². The van der Waals surface area contributed by atoms with Crippen LogP contribution >= 0.6 is 0 Å². The smallest absolute Gasteiger partial charge is 0.255 e. The summed E-state index contributed by atoms with van der Waals surface area (Å²) in [5, 5.41) is 5.58. The van der Waals surface area contributed by atoms with Crippen LogP contribution in [0.5, 0.6) is 0 Å². The van der Waals surface area contributed by atoms with Gasteiger partial charge < -0.3 is 10.6 Å². The average Bonchev–Trinajstić information content (AvgIpc) is 2.62. The summed E-state index contributed by atoms with van der Waals surface area (Å²) in [6, 6.07) is 11.4. The molecule has 0 unspecified atom stereocenters. The van der Waals surface area contributed by atoms with Crippen molar-refractivity contribution in [3.8, 4) is 0 Å². The van der Waals surface area contributed by atoms with Gasteiger partial charge >= 0.3 is 0 Å². The lowest BCUT2D eigenvalue weighted by molar-refractivity contribution is -0.120. The van der Waals surface area contributed by atoms with Crippen LogP contribution in [0, 0.1) is 6.92 Å². The number of carbonyl (C=O) groups is 2. The van der Waals surface area contributed by atoms with E-state index in [2.05, 4.69) is 15.4 Å². The first kappa shape index (κ1) is 21.6. The van der Waals surface area contributed by atoms with Crippen molar-refractivity contribution in [1.82, 2.24) is 10.0 Å². The summed E-state index contributed by atoms with van der Waals surface area (Å²) in [5.41, 5.74) is 2.32. The van der Waals surface area contributed by atoms with E-state index >= 15 is 0 Å². The number of anilines is 1. The summed E-state index contributed by atoms with van der Waals surface area (Å²) in [6.45, 7) is 5.53. The van der Waals surface area contributed by atoms with Gasteiger partial charge in [0.05, 0.1) is 11.3 Å². The second-order valence-electron chi connectivity index (χ2n) is 6.73. The van der Waals surface area contributed by atoms with E-state index in [9.17, 15) is 18.0 Å². The molecule has 2 amide bonds. The van der Waals surface area contributed by atoms with Crippen LogP contribution in [0.15, 0.2) is 47.4 Å². The zero-order chi connectivity index (χ0) is 20.9. The quantitative estimate of drug-likeness (QED) is 0.659. The number of hydrogen-bond acceptors (Lipinski definition) is 4. The van der Waals surface area contributed by atoms with Crippen molar-refractivity contribution in [2.45, 2.75) is 38.1 Å². The highest BCUT2D eigenvalue weighted by molar-refractivity contribution is 7.89. The van der Waals surface area contributed by atoms with Gasteiger partial charge in [0, 0.05) is 17.3 Å². The van der Waals surface area contributed by atoms with Gasteiger partial charge in [-0.15, -0.1) is 0 Å². The summed E-state index contributed by atoms with van der Waals surface area (Å²) >= 11 is 0. The maximum Gasteiger partial charge on any atom is 0.255 e. The van der Waals surface area contributed by atoms with E-state index in [4.69, 9.17) is 0 Å². The molecule has 3 N–H and O–H groups in total. The van der Waals surface area contributed by atoms with Gasteiger partial charge in [-0.2, -0.15) is 0 Å². The number of benzene rings is 2. The maximum atomic E-state index is 12.6. The summed E-state index contributed by atoms with van der Waals surface area (Å²) in [6.07, 6.45) is 0.259. The third-order valence-electron chi connectivity index (χ3n) is 4.06. The third kappa shape index (κ3) is 5.64. The Morgan fingerprint density at radius 2 is 1.68 bits per heavy atom. The van der Waals surface area contributed by atoms with Crippen molar-refractivity contribution >= 4 is 27.5 Å². The van der Waals surface area contributed by atoms with Gasteiger partial charge in [0.15, 0.2) is 0 Å². The fraction of sp³-hybridized carbons (Fsp3) is 0.300. The molecule has 0 atom stereocenters. The Hall–Kier alpha value is -2.71. The molecule has 7 nitrogen and oxygen atoms in total. The van der Waals surface area contributed by atoms with Crippen molar-refractivity contribution in [3.05, 3.63) is 59.2 Å². The second-order valence-corrected chi connectivity index (χ2v) is 8.62. The summed E-state index contributed by atoms with van der Waals surface area (Å²) in [5.74, 6) is -0.471. The molecular formula is C20H25N3O4S. The fourth-order valence-electron chi connectivity index (χ4n) is 2.59. The Kier molecular flexibility index (Phi) is 6.93. The summed E-state index contributed by atoms with van der Waals surface area (Å²) < 4.78 is 26.2. The molecule has 2 aromatic rings. The van der Waals surface area contributed by atoms with Crippen LogP contribution in [0.25, 0.3) is 0 Å². The molecule has 2 rings (SSSR count). The molecule has 0 aliphatic heterocycles. The number of rotatable bonds is 7. The molecule has 0 saturated heterocycles. The van der Waals surface area contributed by atoms with Gasteiger partial charge in [-0.1, -0.05) is 18.2 Å². The zero-order valence-corrected chi connectivity index (χ0v) is 17.2. The van der Waals surface area contributed by atoms with E-state index in [0.29, 0.717) is 11.3 Å². The lowest BCUT2D eigenvalue weighted by Crippen LogP contribution is -2.31. The Bertz CT molecular complexity index is 967. The Morgan fingerprint density at radius 1 is 1.04 bits per heavy atom. The molecule has 0 spiro atoms. The molecule has 2 aromatic carbocycles. The van der Waals surface area contributed by atoms with Gasteiger partial charge in [-0.25, -0.2) is 13.1 Å². The number of sulfonamides is 1. The largest absolute Gasteiger partial charge is 0.354 e. The van der Waals surface area contributed by atoms with Gasteiger partial charge in [0.2, 0.25) is 15.9 Å². The van der Waals surface area contributed by atoms with E-state index in [1.807, 2.05) is 13.8 Å². The van der Waals surface area contributed by atoms with Crippen molar-refractivity contribution in [3.63, 3.8) is 0 Å². The molecule has 150 valence electrons. The number of amides is 2. The van der Waals surface area contributed by atoms with E-state index in [-0.39, 0.29) is 28.8 Å². The molecule has 0 aliphatic rings. The van der Waals surface area contributed by atoms with Crippen LogP contribution in [0.1, 0.15) is 35.3 Å². The number of aryl methyl sites for hydroxylation is 1. The number of nitrogens with one attached hydrogen (secondary N) is 3. The monoisotopic (exact) mass is 403 g/mol. The molecule has 28 heavy (non-hydrogen) atoms. The van der Waals surface area contributed by atoms with Crippen LogP contribution in [0.3, 0.4) is 0 Å². The molecule has 0 radical (unpaired) electrons. The highest BCUT2D eigenvalue weighted by atomic mass is 32.2. The van der Waals surface area contributed by atoms with E-state index in [1.54, 1.807) is 37.3 Å². The van der Waals surface area contributed by atoms with Gasteiger partial charge in [0.1, 0.15) is 0 Å². The van der Waals surface area contributed by atoms with Crippen molar-refractivity contribution < 1.29 is 18.0 Å². The third-order valence-corrected chi connectivity index (χ3v) is 5.47. The minimum atomic E-state index is -3.64. The first-order valence-electron chi connectivity index (χ1n) is 8.86. The highest BCUT2D eigenvalue weighted by Gasteiger charge is 2.16. The fourth-order valence-corrected chi connectivity index (χ4v) is 3.35. The first-order valence-corrected chi connectivity index (χ1v) is 10.3. The number of carbonyl (C=O) groups excluding carboxylic acids is 2. The second kappa shape index (κ2) is 8.99. The molecule has 0 bridgehead atoms. The predicted molar refractivity (Wildman–Crippen MR) is 109 cm³/mol. The number of hydrogen-bond donors (Lipinski definition) is 3. The molecule has 0 aromatic heterocycles. The average molecular weight is 404 g/mol. The summed E-state index contributed by atoms with van der Waals surface area (Å²) in [7, 11) is -2.32. The Labute approximate surface area is 165 Å². The molecule has 0 aliphatic carbocycles. The zero-order valence-electron chi connectivity index (χ0n) is 16.4. The predicted octanol–water partition coefficient (Wildman–Crippen LogP) is 2.22. The first-order chi connectivity index (χ1) is 13.1. The van der Waals surface area contributed by atoms with Crippen molar-refractivity contribution in [2.75, 3.05) is 12.4 Å². The van der Waals surface area contributed by atoms with Gasteiger partial charge in [-0.3, -0.25) is 9.59 Å². The minimum absolute atomic E-state index is 0.0252. The lowest BCUT2D eigenvalue weighted by atomic mass is 10.1. The minimum Gasteiger partial charge on any atom is -0.354 e. The van der Waals surface area contributed by atoms with Crippen LogP contribution < -0.4 is 15.4 Å². The van der Waals surface area contributed by atoms with Crippen molar-refractivity contribution in [1.29, 1.82) is 0 Å². The summed E-state index contributed by atoms with van der Waals surface area (Å²) in [4.78, 5) is 24.4. The molecular weight excluding hydrogens is 378 g/mol. The SMILES string of the molecule is CNS(=O)(=O)c1ccc(C)c(C(=O)Nc2ccc(CC(=O)NC(C)C)cc2)c1. The maximum absolute atomic E-state index is 12.6. The van der Waals surface area contributed by atoms with E-state index in [0.717, 1.165) is 5.56 Å². The van der Waals surface area contributed by atoms with Crippen molar-refractivity contribution in [2.24, 2.45) is 0 Å². The molecule has 8 heteroatoms. The Morgan fingerprint density at radius 3 is 2.25 bits per heavy atom. The molecule has 0 heterocycles. The molecule has 0 fully saturated rings. The van der Waals surface area contributed by atoms with Crippen LogP contribution in [-0.2, 0) is 21.2 Å². The van der Waals surface area contributed by atoms with Gasteiger partial charge in [-0.05, 0) is 63.2 Å². The standard InChI is InChI=1S/C20H25N3O4S/c1-13(2)22-19(24)11-15-6-8-16(9-7-15)23-20(25)18-12-17(10-5-14(18)3)28(26,27)21-4/h5-10,12-13,21H,11H2,1-4H3,(H,22,24)(H,23,25).